The van der Waals surface area contributed by atoms with Crippen LogP contribution in [0.25, 0.3) is 0 Å². The van der Waals surface area contributed by atoms with Crippen LogP contribution in [0.3, 0.4) is 0 Å². The van der Waals surface area contributed by atoms with Gasteiger partial charge in [-0.05, 0) is 13.0 Å². The number of nitrogens with zero attached hydrogens (tertiary/aromatic N) is 2. The minimum atomic E-state index is -4.63. The molecule has 8 heteroatoms. The van der Waals surface area contributed by atoms with E-state index in [1.54, 1.807) is 0 Å². The molecule has 5 nitrogen and oxygen atoms in total. The number of primary amides is 1. The Morgan fingerprint density at radius 2 is 2.06 bits per heavy atom. The summed E-state index contributed by atoms with van der Waals surface area (Å²) in [6.45, 7) is 0.856. The maximum Gasteiger partial charge on any atom is 0.422 e. The number of aryl methyl sites for hydroxylation is 1. The molecule has 0 radical (unpaired) electrons. The van der Waals surface area contributed by atoms with E-state index in [1.807, 2.05) is 0 Å². The van der Waals surface area contributed by atoms with Gasteiger partial charge in [-0.15, -0.1) is 0 Å². The fourth-order valence-corrected chi connectivity index (χ4v) is 1.40. The average Bonchev–Trinajstić information content (AvgIpc) is 2.58. The monoisotopic (exact) mass is 251 g/mol. The van der Waals surface area contributed by atoms with E-state index in [0.717, 1.165) is 24.8 Å². The first-order chi connectivity index (χ1) is 7.63. The SMILES string of the molecule is COC(C)(c1cc(C(N)=O)nn1C)C(F)(F)F. The van der Waals surface area contributed by atoms with Gasteiger partial charge in [-0.2, -0.15) is 18.3 Å². The van der Waals surface area contributed by atoms with Crippen LogP contribution in [0.2, 0.25) is 0 Å². The first-order valence-electron chi connectivity index (χ1n) is 4.59. The lowest BCUT2D eigenvalue weighted by Gasteiger charge is -2.30. The van der Waals surface area contributed by atoms with E-state index in [4.69, 9.17) is 5.73 Å². The average molecular weight is 251 g/mol. The molecule has 0 spiro atoms. The molecular weight excluding hydrogens is 239 g/mol. The molecule has 1 rings (SSSR count). The van der Waals surface area contributed by atoms with Crippen molar-refractivity contribution in [1.29, 1.82) is 0 Å². The molecule has 0 aromatic carbocycles. The van der Waals surface area contributed by atoms with Crippen LogP contribution < -0.4 is 5.73 Å². The Hall–Kier alpha value is -1.57. The Labute approximate surface area is 95.3 Å². The first-order valence-corrected chi connectivity index (χ1v) is 4.59. The van der Waals surface area contributed by atoms with Crippen LogP contribution in [0, 0.1) is 0 Å². The van der Waals surface area contributed by atoms with Crippen molar-refractivity contribution >= 4 is 5.91 Å². The van der Waals surface area contributed by atoms with Crippen molar-refractivity contribution in [3.63, 3.8) is 0 Å². The molecule has 0 aliphatic carbocycles. The topological polar surface area (TPSA) is 70.1 Å². The third-order valence-electron chi connectivity index (χ3n) is 2.57. The summed E-state index contributed by atoms with van der Waals surface area (Å²) >= 11 is 0. The largest absolute Gasteiger partial charge is 0.422 e. The molecule has 96 valence electrons. The van der Waals surface area contributed by atoms with Crippen molar-refractivity contribution in [3.8, 4) is 0 Å². The number of methoxy groups -OCH3 is 1. The lowest BCUT2D eigenvalue weighted by molar-refractivity contribution is -0.271. The highest BCUT2D eigenvalue weighted by Gasteiger charge is 2.55. The molecule has 1 aromatic heterocycles. The van der Waals surface area contributed by atoms with Gasteiger partial charge in [-0.1, -0.05) is 0 Å². The summed E-state index contributed by atoms with van der Waals surface area (Å²) in [4.78, 5) is 10.9. The molecule has 0 aliphatic heterocycles. The second-order valence-corrected chi connectivity index (χ2v) is 3.64. The highest BCUT2D eigenvalue weighted by molar-refractivity contribution is 5.90. The summed E-state index contributed by atoms with van der Waals surface area (Å²) in [5, 5.41) is 3.60. The standard InChI is InChI=1S/C9H12F3N3O2/c1-8(17-3,9(10,11)12)6-4-5(7(13)16)14-15(6)2/h4H,1-3H3,(H2,13,16). The van der Waals surface area contributed by atoms with Gasteiger partial charge in [-0.3, -0.25) is 9.48 Å². The second kappa shape index (κ2) is 4.02. The summed E-state index contributed by atoms with van der Waals surface area (Å²) in [6, 6.07) is 0.972. The molecule has 1 amide bonds. The van der Waals surface area contributed by atoms with Crippen molar-refractivity contribution in [3.05, 3.63) is 17.5 Å². The number of ether oxygens (including phenoxy) is 1. The van der Waals surface area contributed by atoms with Gasteiger partial charge >= 0.3 is 6.18 Å². The number of hydrogen-bond acceptors (Lipinski definition) is 3. The molecule has 0 bridgehead atoms. The Bertz CT molecular complexity index is 441. The lowest BCUT2D eigenvalue weighted by atomic mass is 10.0. The van der Waals surface area contributed by atoms with Crippen LogP contribution in [0.1, 0.15) is 23.1 Å². The van der Waals surface area contributed by atoms with Crippen molar-refractivity contribution in [1.82, 2.24) is 9.78 Å². The van der Waals surface area contributed by atoms with Gasteiger partial charge in [-0.25, -0.2) is 0 Å². The van der Waals surface area contributed by atoms with Gasteiger partial charge in [0.05, 0.1) is 5.69 Å². The molecule has 1 aromatic rings. The number of nitrogens with two attached hydrogens (primary N) is 1. The lowest BCUT2D eigenvalue weighted by Crippen LogP contribution is -2.42. The summed E-state index contributed by atoms with van der Waals surface area (Å²) in [5.74, 6) is -0.896. The van der Waals surface area contributed by atoms with Crippen LogP contribution >= 0.6 is 0 Å². The normalized spacial score (nSPS) is 15.6. The Balaban J connectivity index is 3.36. The summed E-state index contributed by atoms with van der Waals surface area (Å²) in [5.41, 5.74) is 1.88. The molecule has 1 atom stereocenters. The van der Waals surface area contributed by atoms with Crippen molar-refractivity contribution in [2.75, 3.05) is 7.11 Å². The number of aromatic nitrogens is 2. The van der Waals surface area contributed by atoms with E-state index in [0.29, 0.717) is 0 Å². The van der Waals surface area contributed by atoms with Crippen molar-refractivity contribution in [2.24, 2.45) is 12.8 Å². The fraction of sp³-hybridized carbons (Fsp3) is 0.556. The van der Waals surface area contributed by atoms with Crippen LogP contribution in [-0.4, -0.2) is 29.0 Å². The Kier molecular flexibility index (Phi) is 3.19. The van der Waals surface area contributed by atoms with E-state index in [-0.39, 0.29) is 11.4 Å². The van der Waals surface area contributed by atoms with E-state index in [1.165, 1.54) is 7.05 Å². The molecule has 2 N–H and O–H groups in total. The number of alkyl halides is 3. The predicted octanol–water partition coefficient (Wildman–Crippen LogP) is 0.943. The highest BCUT2D eigenvalue weighted by atomic mass is 19.4. The van der Waals surface area contributed by atoms with Gasteiger partial charge in [0.1, 0.15) is 5.69 Å². The smallest absolute Gasteiger partial charge is 0.364 e. The molecule has 1 heterocycles. The van der Waals surface area contributed by atoms with Crippen LogP contribution in [0.15, 0.2) is 6.07 Å². The molecule has 0 saturated carbocycles. The summed E-state index contributed by atoms with van der Waals surface area (Å²) in [7, 11) is 2.22. The Morgan fingerprint density at radius 1 is 1.53 bits per heavy atom. The van der Waals surface area contributed by atoms with Gasteiger partial charge in [0.25, 0.3) is 5.91 Å². The summed E-state index contributed by atoms with van der Waals surface area (Å²) in [6.07, 6.45) is -4.63. The third kappa shape index (κ3) is 2.12. The van der Waals surface area contributed by atoms with Crippen molar-refractivity contribution in [2.45, 2.75) is 18.7 Å². The zero-order valence-corrected chi connectivity index (χ0v) is 9.50. The van der Waals surface area contributed by atoms with E-state index < -0.39 is 17.7 Å². The Morgan fingerprint density at radius 3 is 2.35 bits per heavy atom. The molecule has 1 unspecified atom stereocenters. The van der Waals surface area contributed by atoms with Crippen LogP contribution in [0.4, 0.5) is 13.2 Å². The number of carbonyl (C=O) groups excluding carboxylic acids is 1. The second-order valence-electron chi connectivity index (χ2n) is 3.64. The summed E-state index contributed by atoms with van der Waals surface area (Å²) < 4.78 is 44.1. The fourth-order valence-electron chi connectivity index (χ4n) is 1.40. The predicted molar refractivity (Wildman–Crippen MR) is 52.1 cm³/mol. The molecular formula is C9H12F3N3O2. The molecule has 0 aliphatic rings. The zero-order valence-electron chi connectivity index (χ0n) is 9.50. The van der Waals surface area contributed by atoms with Crippen LogP contribution in [-0.2, 0) is 17.4 Å². The van der Waals surface area contributed by atoms with E-state index in [2.05, 4.69) is 9.84 Å². The minimum Gasteiger partial charge on any atom is -0.364 e. The van der Waals surface area contributed by atoms with Gasteiger partial charge in [0.2, 0.25) is 5.60 Å². The number of rotatable bonds is 3. The maximum atomic E-state index is 12.9. The first kappa shape index (κ1) is 13.5. The zero-order chi connectivity index (χ0) is 13.4. The molecule has 0 saturated heterocycles. The van der Waals surface area contributed by atoms with Gasteiger partial charge in [0.15, 0.2) is 0 Å². The van der Waals surface area contributed by atoms with E-state index in [9.17, 15) is 18.0 Å². The number of halogens is 3. The van der Waals surface area contributed by atoms with Crippen LogP contribution in [0.5, 0.6) is 0 Å². The third-order valence-corrected chi connectivity index (χ3v) is 2.57. The molecule has 17 heavy (non-hydrogen) atoms. The maximum absolute atomic E-state index is 12.9. The quantitative estimate of drug-likeness (QED) is 0.869. The van der Waals surface area contributed by atoms with Crippen molar-refractivity contribution < 1.29 is 22.7 Å². The van der Waals surface area contributed by atoms with Gasteiger partial charge < -0.3 is 10.5 Å². The number of hydrogen-bond donors (Lipinski definition) is 1. The minimum absolute atomic E-state index is 0.241. The molecule has 0 fully saturated rings. The number of carbonyl (C=O) groups is 1. The highest BCUT2D eigenvalue weighted by Crippen LogP contribution is 2.41. The van der Waals surface area contributed by atoms with Gasteiger partial charge in [0, 0.05) is 14.2 Å². The van der Waals surface area contributed by atoms with E-state index >= 15 is 0 Å². The number of amides is 1.